The summed E-state index contributed by atoms with van der Waals surface area (Å²) in [4.78, 5) is 10.0. The van der Waals surface area contributed by atoms with Gasteiger partial charge in [-0.05, 0) is 13.0 Å². The summed E-state index contributed by atoms with van der Waals surface area (Å²) in [5, 5.41) is 3.09. The quantitative estimate of drug-likeness (QED) is 0.384. The maximum atomic E-state index is 10.0. The van der Waals surface area contributed by atoms with Gasteiger partial charge in [-0.2, -0.15) is 0 Å². The molecule has 2 heteroatoms. The third-order valence-corrected chi connectivity index (χ3v) is 2.93. The van der Waals surface area contributed by atoms with Crippen LogP contribution >= 0.6 is 0 Å². The second-order valence-corrected chi connectivity index (χ2v) is 4.55. The molecule has 0 bridgehead atoms. The molecule has 0 saturated heterocycles. The van der Waals surface area contributed by atoms with Crippen molar-refractivity contribution in [1.29, 1.82) is 0 Å². The van der Waals surface area contributed by atoms with E-state index in [1.165, 1.54) is 64.2 Å². The first kappa shape index (κ1) is 15.6. The van der Waals surface area contributed by atoms with E-state index in [-0.39, 0.29) is 0 Å². The van der Waals surface area contributed by atoms with Gasteiger partial charge in [-0.15, -0.1) is 0 Å². The number of nitrogens with one attached hydrogen (secondary N) is 1. The molecule has 1 N–H and O–H groups in total. The normalized spacial score (nSPS) is 10.6. The second kappa shape index (κ2) is 14.6. The molecule has 0 aliphatic rings. The highest BCUT2D eigenvalue weighted by atomic mass is 16.1. The number of carbonyl (C=O) groups excluding carboxylic acids is 1. The Labute approximate surface area is 101 Å². The molecule has 0 aliphatic heterocycles. The van der Waals surface area contributed by atoms with Crippen LogP contribution in [0.1, 0.15) is 71.1 Å². The van der Waals surface area contributed by atoms with Gasteiger partial charge in [-0.3, -0.25) is 0 Å². The molecule has 0 fully saturated rings. The van der Waals surface area contributed by atoms with Crippen molar-refractivity contribution in [3.63, 3.8) is 0 Å². The topological polar surface area (TPSA) is 29.1 Å². The second-order valence-electron chi connectivity index (χ2n) is 4.55. The van der Waals surface area contributed by atoms with Crippen LogP contribution in [0.4, 0.5) is 0 Å². The monoisotopic (exact) mass is 227 g/mol. The fourth-order valence-corrected chi connectivity index (χ4v) is 1.90. The van der Waals surface area contributed by atoms with Crippen LogP contribution in [0.15, 0.2) is 0 Å². The van der Waals surface area contributed by atoms with Gasteiger partial charge in [0.15, 0.2) is 0 Å². The van der Waals surface area contributed by atoms with Crippen LogP contribution < -0.4 is 5.32 Å². The van der Waals surface area contributed by atoms with E-state index in [4.69, 9.17) is 0 Å². The lowest BCUT2D eigenvalue weighted by Gasteiger charge is -2.02. The van der Waals surface area contributed by atoms with Crippen molar-refractivity contribution in [1.82, 2.24) is 5.32 Å². The van der Waals surface area contributed by atoms with E-state index in [0.29, 0.717) is 6.54 Å². The molecule has 16 heavy (non-hydrogen) atoms. The average Bonchev–Trinajstić information content (AvgIpc) is 2.31. The summed E-state index contributed by atoms with van der Waals surface area (Å²) in [6.45, 7) is 3.77. The van der Waals surface area contributed by atoms with Crippen molar-refractivity contribution >= 4 is 6.29 Å². The highest BCUT2D eigenvalue weighted by Gasteiger charge is 1.92. The van der Waals surface area contributed by atoms with Crippen molar-refractivity contribution in [2.24, 2.45) is 0 Å². The summed E-state index contributed by atoms with van der Waals surface area (Å²) in [5.74, 6) is 0. The Kier molecular flexibility index (Phi) is 14.3. The fourth-order valence-electron chi connectivity index (χ4n) is 1.90. The molecule has 0 radical (unpaired) electrons. The molecular formula is C14H29NO. The molecular weight excluding hydrogens is 198 g/mol. The van der Waals surface area contributed by atoms with E-state index < -0.39 is 0 Å². The molecule has 0 aromatic carbocycles. The van der Waals surface area contributed by atoms with Gasteiger partial charge in [0.05, 0.1) is 6.54 Å². The predicted octanol–water partition coefficient (Wildman–Crippen LogP) is 3.70. The highest BCUT2D eigenvalue weighted by Crippen LogP contribution is 2.10. The van der Waals surface area contributed by atoms with E-state index in [2.05, 4.69) is 12.2 Å². The smallest absolute Gasteiger partial charge is 0.133 e. The molecule has 0 amide bonds. The summed E-state index contributed by atoms with van der Waals surface area (Å²) in [6, 6.07) is 0. The number of hydrogen-bond acceptors (Lipinski definition) is 2. The number of hydrogen-bond donors (Lipinski definition) is 1. The molecule has 0 unspecified atom stereocenters. The molecule has 0 heterocycles. The van der Waals surface area contributed by atoms with Gasteiger partial charge in [0.25, 0.3) is 0 Å². The first-order valence-electron chi connectivity index (χ1n) is 7.06. The molecule has 96 valence electrons. The summed E-state index contributed by atoms with van der Waals surface area (Å²) >= 11 is 0. The van der Waals surface area contributed by atoms with E-state index >= 15 is 0 Å². The van der Waals surface area contributed by atoms with Crippen LogP contribution in [0.3, 0.4) is 0 Å². The number of carbonyl (C=O) groups is 1. The minimum absolute atomic E-state index is 0.511. The summed E-state index contributed by atoms with van der Waals surface area (Å²) in [5.41, 5.74) is 0. The minimum Gasteiger partial charge on any atom is -0.310 e. The summed E-state index contributed by atoms with van der Waals surface area (Å²) in [7, 11) is 0. The Morgan fingerprint density at radius 3 is 1.81 bits per heavy atom. The lowest BCUT2D eigenvalue weighted by atomic mass is 10.1. The van der Waals surface area contributed by atoms with E-state index in [1.807, 2.05) is 0 Å². The van der Waals surface area contributed by atoms with Crippen molar-refractivity contribution in [3.8, 4) is 0 Å². The SMILES string of the molecule is CCCCCCCCCCCCNCC=O. The van der Waals surface area contributed by atoms with Gasteiger partial charge >= 0.3 is 0 Å². The van der Waals surface area contributed by atoms with E-state index in [9.17, 15) is 4.79 Å². The maximum Gasteiger partial charge on any atom is 0.133 e. The Morgan fingerprint density at radius 2 is 1.31 bits per heavy atom. The van der Waals surface area contributed by atoms with Crippen molar-refractivity contribution in [2.75, 3.05) is 13.1 Å². The minimum atomic E-state index is 0.511. The third-order valence-electron chi connectivity index (χ3n) is 2.93. The molecule has 0 rings (SSSR count). The van der Waals surface area contributed by atoms with Crippen molar-refractivity contribution < 1.29 is 4.79 Å². The molecule has 2 nitrogen and oxygen atoms in total. The predicted molar refractivity (Wildman–Crippen MR) is 70.8 cm³/mol. The largest absolute Gasteiger partial charge is 0.310 e. The van der Waals surface area contributed by atoms with Crippen LogP contribution in [0, 0.1) is 0 Å². The van der Waals surface area contributed by atoms with E-state index in [0.717, 1.165) is 12.8 Å². The highest BCUT2D eigenvalue weighted by molar-refractivity contribution is 5.51. The molecule has 0 aromatic rings. The molecule has 0 aromatic heterocycles. The Bertz CT molecular complexity index is 137. The Hall–Kier alpha value is -0.370. The van der Waals surface area contributed by atoms with Crippen LogP contribution in [-0.2, 0) is 4.79 Å². The van der Waals surface area contributed by atoms with Gasteiger partial charge in [-0.25, -0.2) is 0 Å². The zero-order valence-electron chi connectivity index (χ0n) is 11.0. The zero-order chi connectivity index (χ0) is 11.9. The van der Waals surface area contributed by atoms with Gasteiger partial charge in [0.2, 0.25) is 0 Å². The maximum absolute atomic E-state index is 10.0. The first-order valence-corrected chi connectivity index (χ1v) is 7.06. The van der Waals surface area contributed by atoms with Gasteiger partial charge in [0, 0.05) is 0 Å². The first-order chi connectivity index (χ1) is 7.91. The number of rotatable bonds is 13. The van der Waals surface area contributed by atoms with Crippen molar-refractivity contribution in [3.05, 3.63) is 0 Å². The summed E-state index contributed by atoms with van der Waals surface area (Å²) in [6.07, 6.45) is 14.6. The van der Waals surface area contributed by atoms with Gasteiger partial charge in [0.1, 0.15) is 6.29 Å². The van der Waals surface area contributed by atoms with Crippen molar-refractivity contribution in [2.45, 2.75) is 71.1 Å². The van der Waals surface area contributed by atoms with Gasteiger partial charge in [-0.1, -0.05) is 64.7 Å². The zero-order valence-corrected chi connectivity index (χ0v) is 11.0. The number of aldehydes is 1. The summed E-state index contributed by atoms with van der Waals surface area (Å²) < 4.78 is 0. The Balaban J connectivity index is 2.85. The fraction of sp³-hybridized carbons (Fsp3) is 0.929. The van der Waals surface area contributed by atoms with Crippen LogP contribution in [0.5, 0.6) is 0 Å². The van der Waals surface area contributed by atoms with E-state index in [1.54, 1.807) is 0 Å². The molecule has 0 saturated carbocycles. The third kappa shape index (κ3) is 13.6. The van der Waals surface area contributed by atoms with Crippen LogP contribution in [-0.4, -0.2) is 19.4 Å². The molecule has 0 aliphatic carbocycles. The van der Waals surface area contributed by atoms with Crippen LogP contribution in [0.25, 0.3) is 0 Å². The van der Waals surface area contributed by atoms with Gasteiger partial charge < -0.3 is 10.1 Å². The average molecular weight is 227 g/mol. The lowest BCUT2D eigenvalue weighted by molar-refractivity contribution is -0.107. The molecule has 0 atom stereocenters. The lowest BCUT2D eigenvalue weighted by Crippen LogP contribution is -2.17. The Morgan fingerprint density at radius 1 is 0.812 bits per heavy atom. The standard InChI is InChI=1S/C14H29NO/c1-2-3-4-5-6-7-8-9-10-11-12-15-13-14-16/h14-15H,2-13H2,1H3. The number of unbranched alkanes of at least 4 members (excludes halogenated alkanes) is 9. The molecule has 0 spiro atoms. The van der Waals surface area contributed by atoms with Crippen LogP contribution in [0.2, 0.25) is 0 Å².